The van der Waals surface area contributed by atoms with Crippen molar-refractivity contribution in [3.8, 4) is 0 Å². The topological polar surface area (TPSA) is 29.1 Å². The summed E-state index contributed by atoms with van der Waals surface area (Å²) in [4.78, 5) is 13.0. The van der Waals surface area contributed by atoms with Crippen LogP contribution in [0, 0.1) is 0 Å². The Hall–Kier alpha value is -1.26. The van der Waals surface area contributed by atoms with Crippen LogP contribution in [0.3, 0.4) is 0 Å². The molecule has 2 rings (SSSR count). The first-order chi connectivity index (χ1) is 9.29. The molecular formula is C15H14BrNOS. The summed E-state index contributed by atoms with van der Waals surface area (Å²) in [6, 6.07) is 17.7. The van der Waals surface area contributed by atoms with Gasteiger partial charge in [-0.3, -0.25) is 4.79 Å². The molecule has 1 amide bonds. The van der Waals surface area contributed by atoms with E-state index in [0.29, 0.717) is 5.75 Å². The minimum absolute atomic E-state index is 0.0160. The van der Waals surface area contributed by atoms with Gasteiger partial charge in [0.1, 0.15) is 0 Å². The Morgan fingerprint density at radius 2 is 1.74 bits per heavy atom. The summed E-state index contributed by atoms with van der Waals surface area (Å²) in [5, 5.41) is 3.67. The lowest BCUT2D eigenvalue weighted by molar-refractivity contribution is -0.113. The molecule has 0 aliphatic heterocycles. The molecule has 1 N–H and O–H groups in total. The second-order valence-corrected chi connectivity index (χ2v) is 5.55. The third-order valence-corrected chi connectivity index (χ3v) is 4.16. The average molecular weight is 336 g/mol. The van der Waals surface area contributed by atoms with Gasteiger partial charge in [0.25, 0.3) is 0 Å². The number of anilines is 1. The predicted molar refractivity (Wildman–Crippen MR) is 84.9 cm³/mol. The third-order valence-electron chi connectivity index (χ3n) is 2.55. The Morgan fingerprint density at radius 1 is 1.05 bits per heavy atom. The molecule has 0 aliphatic rings. The molecule has 0 aromatic heterocycles. The summed E-state index contributed by atoms with van der Waals surface area (Å²) >= 11 is 4.95. The fourth-order valence-electron chi connectivity index (χ4n) is 1.61. The fourth-order valence-corrected chi connectivity index (χ4v) is 2.82. The Balaban J connectivity index is 1.91. The summed E-state index contributed by atoms with van der Waals surface area (Å²) in [5.41, 5.74) is 1.96. The van der Waals surface area contributed by atoms with Crippen molar-refractivity contribution < 1.29 is 4.79 Å². The van der Waals surface area contributed by atoms with Gasteiger partial charge in [-0.2, -0.15) is 0 Å². The zero-order chi connectivity index (χ0) is 13.5. The highest BCUT2D eigenvalue weighted by molar-refractivity contribution is 9.08. The molecule has 0 radical (unpaired) electrons. The highest BCUT2D eigenvalue weighted by atomic mass is 79.9. The number of amides is 1. The van der Waals surface area contributed by atoms with Crippen molar-refractivity contribution in [1.82, 2.24) is 0 Å². The van der Waals surface area contributed by atoms with Crippen LogP contribution in [-0.2, 0) is 10.1 Å². The van der Waals surface area contributed by atoms with E-state index in [1.165, 1.54) is 11.8 Å². The largest absolute Gasteiger partial charge is 0.325 e. The normalized spacial score (nSPS) is 10.2. The molecule has 0 fully saturated rings. The molecule has 0 bridgehead atoms. The summed E-state index contributed by atoms with van der Waals surface area (Å²) in [6.45, 7) is 0. The van der Waals surface area contributed by atoms with Crippen LogP contribution in [0.5, 0.6) is 0 Å². The smallest absolute Gasteiger partial charge is 0.234 e. The first-order valence-corrected chi connectivity index (χ1v) is 8.02. The van der Waals surface area contributed by atoms with Gasteiger partial charge >= 0.3 is 0 Å². The van der Waals surface area contributed by atoms with Gasteiger partial charge < -0.3 is 5.32 Å². The van der Waals surface area contributed by atoms with Crippen molar-refractivity contribution >= 4 is 39.3 Å². The van der Waals surface area contributed by atoms with E-state index >= 15 is 0 Å². The van der Waals surface area contributed by atoms with Crippen molar-refractivity contribution in [3.05, 3.63) is 60.2 Å². The van der Waals surface area contributed by atoms with Crippen molar-refractivity contribution in [2.45, 2.75) is 10.2 Å². The number of hydrogen-bond donors (Lipinski definition) is 1. The highest BCUT2D eigenvalue weighted by Gasteiger charge is 2.06. The zero-order valence-electron chi connectivity index (χ0n) is 10.3. The molecule has 0 atom stereocenters. The molecular weight excluding hydrogens is 322 g/mol. The lowest BCUT2D eigenvalue weighted by atomic mass is 10.2. The standard InChI is InChI=1S/C15H14BrNOS/c16-10-12-6-4-5-9-14(12)17-15(18)11-19-13-7-2-1-3-8-13/h1-9H,10-11H2,(H,17,18). The minimum atomic E-state index is 0.0160. The maximum Gasteiger partial charge on any atom is 0.234 e. The van der Waals surface area contributed by atoms with Gasteiger partial charge in [-0.1, -0.05) is 52.3 Å². The van der Waals surface area contributed by atoms with Gasteiger partial charge in [0.2, 0.25) is 5.91 Å². The van der Waals surface area contributed by atoms with E-state index in [2.05, 4.69) is 21.2 Å². The number of halogens is 1. The second-order valence-electron chi connectivity index (χ2n) is 3.94. The van der Waals surface area contributed by atoms with Gasteiger partial charge in [-0.05, 0) is 23.8 Å². The van der Waals surface area contributed by atoms with E-state index in [1.54, 1.807) is 0 Å². The summed E-state index contributed by atoms with van der Waals surface area (Å²) < 4.78 is 0. The van der Waals surface area contributed by atoms with Crippen LogP contribution in [0.25, 0.3) is 0 Å². The molecule has 2 nitrogen and oxygen atoms in total. The van der Waals surface area contributed by atoms with Crippen LogP contribution >= 0.6 is 27.7 Å². The van der Waals surface area contributed by atoms with Crippen molar-refractivity contribution in [3.63, 3.8) is 0 Å². The Bertz CT molecular complexity index is 545. The molecule has 0 unspecified atom stereocenters. The molecule has 0 spiro atoms. The second kappa shape index (κ2) is 7.36. The molecule has 4 heteroatoms. The summed E-state index contributed by atoms with van der Waals surface area (Å²) in [6.07, 6.45) is 0. The minimum Gasteiger partial charge on any atom is -0.325 e. The lowest BCUT2D eigenvalue weighted by Gasteiger charge is -2.09. The Labute approximate surface area is 125 Å². The Morgan fingerprint density at radius 3 is 2.47 bits per heavy atom. The quantitative estimate of drug-likeness (QED) is 0.651. The SMILES string of the molecule is O=C(CSc1ccccc1)Nc1ccccc1CBr. The van der Waals surface area contributed by atoms with E-state index in [1.807, 2.05) is 54.6 Å². The van der Waals surface area contributed by atoms with Gasteiger partial charge in [0.15, 0.2) is 0 Å². The highest BCUT2D eigenvalue weighted by Crippen LogP contribution is 2.20. The number of para-hydroxylation sites is 1. The van der Waals surface area contributed by atoms with Gasteiger partial charge in [-0.25, -0.2) is 0 Å². The van der Waals surface area contributed by atoms with Crippen molar-refractivity contribution in [2.24, 2.45) is 0 Å². The molecule has 0 saturated heterocycles. The van der Waals surface area contributed by atoms with Gasteiger partial charge in [0, 0.05) is 15.9 Å². The van der Waals surface area contributed by atoms with Crippen LogP contribution in [0.2, 0.25) is 0 Å². The average Bonchev–Trinajstić information content (AvgIpc) is 2.47. The van der Waals surface area contributed by atoms with E-state index in [9.17, 15) is 4.79 Å². The lowest BCUT2D eigenvalue weighted by Crippen LogP contribution is -2.15. The maximum absolute atomic E-state index is 11.9. The molecule has 19 heavy (non-hydrogen) atoms. The predicted octanol–water partition coefficient (Wildman–Crippen LogP) is 4.31. The van der Waals surface area contributed by atoms with E-state index in [4.69, 9.17) is 0 Å². The number of benzene rings is 2. The van der Waals surface area contributed by atoms with Gasteiger partial charge in [0.05, 0.1) is 5.75 Å². The summed E-state index contributed by atoms with van der Waals surface area (Å²) in [7, 11) is 0. The first kappa shape index (κ1) is 14.2. The molecule has 98 valence electrons. The van der Waals surface area contributed by atoms with E-state index in [0.717, 1.165) is 21.5 Å². The monoisotopic (exact) mass is 335 g/mol. The van der Waals surface area contributed by atoms with Gasteiger partial charge in [-0.15, -0.1) is 11.8 Å². The zero-order valence-corrected chi connectivity index (χ0v) is 12.7. The first-order valence-electron chi connectivity index (χ1n) is 5.91. The number of thioether (sulfide) groups is 1. The summed E-state index contributed by atoms with van der Waals surface area (Å²) in [5.74, 6) is 0.433. The van der Waals surface area contributed by atoms with Crippen molar-refractivity contribution in [1.29, 1.82) is 0 Å². The van der Waals surface area contributed by atoms with Crippen LogP contribution < -0.4 is 5.32 Å². The molecule has 0 heterocycles. The number of alkyl halides is 1. The maximum atomic E-state index is 11.9. The van der Waals surface area contributed by atoms with Crippen LogP contribution in [0.1, 0.15) is 5.56 Å². The van der Waals surface area contributed by atoms with Crippen molar-refractivity contribution in [2.75, 3.05) is 11.1 Å². The molecule has 0 saturated carbocycles. The Kier molecular flexibility index (Phi) is 5.48. The number of hydrogen-bond acceptors (Lipinski definition) is 2. The molecule has 0 aliphatic carbocycles. The van der Waals surface area contributed by atoms with Crippen LogP contribution in [-0.4, -0.2) is 11.7 Å². The fraction of sp³-hybridized carbons (Fsp3) is 0.133. The third kappa shape index (κ3) is 4.40. The number of nitrogens with one attached hydrogen (secondary N) is 1. The molecule has 2 aromatic rings. The van der Waals surface area contributed by atoms with E-state index in [-0.39, 0.29) is 5.91 Å². The number of rotatable bonds is 5. The van der Waals surface area contributed by atoms with E-state index < -0.39 is 0 Å². The molecule has 2 aromatic carbocycles. The van der Waals surface area contributed by atoms with Crippen LogP contribution in [0.15, 0.2) is 59.5 Å². The number of carbonyl (C=O) groups is 1. The van der Waals surface area contributed by atoms with Crippen LogP contribution in [0.4, 0.5) is 5.69 Å². The number of carbonyl (C=O) groups excluding carboxylic acids is 1.